The molecule has 21 heavy (non-hydrogen) atoms. The van der Waals surface area contributed by atoms with Crippen LogP contribution in [0.1, 0.15) is 49.0 Å². The maximum Gasteiger partial charge on any atom is 0.222 e. The summed E-state index contributed by atoms with van der Waals surface area (Å²) < 4.78 is 0. The number of amides is 1. The van der Waals surface area contributed by atoms with Crippen molar-refractivity contribution in [3.63, 3.8) is 0 Å². The number of thiophene rings is 1. The minimum atomic E-state index is -0.118. The third-order valence-corrected chi connectivity index (χ3v) is 4.87. The van der Waals surface area contributed by atoms with E-state index in [9.17, 15) is 4.79 Å². The van der Waals surface area contributed by atoms with Gasteiger partial charge in [0.2, 0.25) is 5.91 Å². The molecule has 1 N–H and O–H groups in total. The quantitative estimate of drug-likeness (QED) is 0.869. The maximum atomic E-state index is 12.3. The molecule has 1 aromatic heterocycles. The molecule has 0 saturated heterocycles. The Labute approximate surface area is 131 Å². The zero-order valence-electron chi connectivity index (χ0n) is 12.6. The number of aliphatic hydroxyl groups is 1. The molecule has 0 bridgehead atoms. The van der Waals surface area contributed by atoms with E-state index in [1.54, 1.807) is 11.3 Å². The second-order valence-electron chi connectivity index (χ2n) is 5.74. The highest BCUT2D eigenvalue weighted by molar-refractivity contribution is 7.10. The lowest BCUT2D eigenvalue weighted by Gasteiger charge is -2.24. The van der Waals surface area contributed by atoms with Crippen molar-refractivity contribution in [2.24, 2.45) is 5.92 Å². The van der Waals surface area contributed by atoms with Crippen LogP contribution in [0.2, 0.25) is 0 Å². The van der Waals surface area contributed by atoms with Crippen molar-refractivity contribution in [3.8, 4) is 11.8 Å². The predicted molar refractivity (Wildman–Crippen MR) is 85.9 cm³/mol. The summed E-state index contributed by atoms with van der Waals surface area (Å²) in [5.41, 5.74) is 1.11. The van der Waals surface area contributed by atoms with Gasteiger partial charge in [-0.2, -0.15) is 0 Å². The van der Waals surface area contributed by atoms with Crippen LogP contribution >= 0.6 is 11.3 Å². The summed E-state index contributed by atoms with van der Waals surface area (Å²) in [5, 5.41) is 10.7. The lowest BCUT2D eigenvalue weighted by Crippen LogP contribution is -2.28. The second kappa shape index (κ2) is 8.21. The molecule has 114 valence electrons. The average Bonchev–Trinajstić information content (AvgIpc) is 2.93. The van der Waals surface area contributed by atoms with Crippen molar-refractivity contribution in [3.05, 3.63) is 21.9 Å². The minimum absolute atomic E-state index is 0.118. The maximum absolute atomic E-state index is 12.3. The molecule has 1 aliphatic carbocycles. The molecule has 1 heterocycles. The van der Waals surface area contributed by atoms with Crippen LogP contribution < -0.4 is 0 Å². The van der Waals surface area contributed by atoms with Gasteiger partial charge in [0, 0.05) is 20.0 Å². The van der Waals surface area contributed by atoms with Crippen LogP contribution in [0.15, 0.2) is 11.4 Å². The van der Waals surface area contributed by atoms with Gasteiger partial charge >= 0.3 is 0 Å². The number of rotatable bonds is 4. The summed E-state index contributed by atoms with van der Waals surface area (Å²) in [5.74, 6) is 6.37. The van der Waals surface area contributed by atoms with Crippen molar-refractivity contribution in [2.75, 3.05) is 13.7 Å². The number of carbonyl (C=O) groups is 1. The normalized spacial score (nSPS) is 15.3. The van der Waals surface area contributed by atoms with Crippen molar-refractivity contribution >= 4 is 17.2 Å². The molecule has 1 amide bonds. The summed E-state index contributed by atoms with van der Waals surface area (Å²) in [6.45, 7) is 0.524. The number of nitrogens with zero attached hydrogens (tertiary/aromatic N) is 1. The molecule has 0 aromatic carbocycles. The van der Waals surface area contributed by atoms with Gasteiger partial charge in [0.15, 0.2) is 0 Å². The van der Waals surface area contributed by atoms with Gasteiger partial charge in [-0.15, -0.1) is 11.3 Å². The Balaban J connectivity index is 1.83. The molecule has 1 aliphatic rings. The standard InChI is InChI=1S/C17H23NO2S/c1-18(17(20)11-14-6-3-2-4-7-14)12-15-10-16(21-13-15)8-5-9-19/h10,13-14,19H,2-4,6-7,9,11-12H2,1H3. The fourth-order valence-corrected chi connectivity index (χ4v) is 3.58. The average molecular weight is 305 g/mol. The van der Waals surface area contributed by atoms with Gasteiger partial charge in [-0.25, -0.2) is 0 Å². The smallest absolute Gasteiger partial charge is 0.222 e. The van der Waals surface area contributed by atoms with E-state index < -0.39 is 0 Å². The van der Waals surface area contributed by atoms with E-state index in [0.29, 0.717) is 18.9 Å². The second-order valence-corrected chi connectivity index (χ2v) is 6.65. The molecule has 1 fully saturated rings. The molecule has 4 heteroatoms. The largest absolute Gasteiger partial charge is 0.384 e. The molecular formula is C17H23NO2S. The summed E-state index contributed by atoms with van der Waals surface area (Å²) in [6, 6.07) is 2.00. The number of hydrogen-bond acceptors (Lipinski definition) is 3. The predicted octanol–water partition coefficient (Wildman–Crippen LogP) is 3.02. The minimum Gasteiger partial charge on any atom is -0.384 e. The van der Waals surface area contributed by atoms with Gasteiger partial charge in [0.05, 0.1) is 4.88 Å². The van der Waals surface area contributed by atoms with Crippen LogP contribution in [0.3, 0.4) is 0 Å². The summed E-state index contributed by atoms with van der Waals surface area (Å²) in [7, 11) is 1.88. The van der Waals surface area contributed by atoms with Crippen molar-refractivity contribution < 1.29 is 9.90 Å². The lowest BCUT2D eigenvalue weighted by molar-refractivity contribution is -0.131. The topological polar surface area (TPSA) is 40.5 Å². The Morgan fingerprint density at radius 2 is 2.19 bits per heavy atom. The van der Waals surface area contributed by atoms with E-state index >= 15 is 0 Å². The van der Waals surface area contributed by atoms with Gasteiger partial charge in [-0.3, -0.25) is 4.79 Å². The Morgan fingerprint density at radius 3 is 2.90 bits per heavy atom. The zero-order valence-corrected chi connectivity index (χ0v) is 13.4. The third-order valence-electron chi connectivity index (χ3n) is 3.98. The monoisotopic (exact) mass is 305 g/mol. The van der Waals surface area contributed by atoms with Gasteiger partial charge in [0.1, 0.15) is 6.61 Å². The van der Waals surface area contributed by atoms with Crippen molar-refractivity contribution in [2.45, 2.75) is 45.1 Å². The molecule has 3 nitrogen and oxygen atoms in total. The number of hydrogen-bond donors (Lipinski definition) is 1. The summed E-state index contributed by atoms with van der Waals surface area (Å²) in [6.07, 6.45) is 6.99. The summed E-state index contributed by atoms with van der Waals surface area (Å²) >= 11 is 1.56. The van der Waals surface area contributed by atoms with E-state index in [1.807, 2.05) is 23.4 Å². The fourth-order valence-electron chi connectivity index (χ4n) is 2.81. The van der Waals surface area contributed by atoms with E-state index in [0.717, 1.165) is 10.4 Å². The van der Waals surface area contributed by atoms with E-state index in [-0.39, 0.29) is 12.5 Å². The highest BCUT2D eigenvalue weighted by Crippen LogP contribution is 2.27. The Morgan fingerprint density at radius 1 is 1.43 bits per heavy atom. The first-order chi connectivity index (χ1) is 10.2. The van der Waals surface area contributed by atoms with E-state index in [4.69, 9.17) is 5.11 Å². The molecular weight excluding hydrogens is 282 g/mol. The van der Waals surface area contributed by atoms with E-state index in [2.05, 4.69) is 11.8 Å². The molecule has 0 atom stereocenters. The van der Waals surface area contributed by atoms with Gasteiger partial charge in [-0.1, -0.05) is 31.1 Å². The molecule has 1 aromatic rings. The van der Waals surface area contributed by atoms with Crippen LogP contribution in [-0.2, 0) is 11.3 Å². The van der Waals surface area contributed by atoms with Crippen LogP contribution in [0.5, 0.6) is 0 Å². The number of carbonyl (C=O) groups excluding carboxylic acids is 1. The zero-order chi connectivity index (χ0) is 15.1. The summed E-state index contributed by atoms with van der Waals surface area (Å²) in [4.78, 5) is 15.0. The Bertz CT molecular complexity index is 520. The fraction of sp³-hybridized carbons (Fsp3) is 0.588. The highest BCUT2D eigenvalue weighted by Gasteiger charge is 2.19. The van der Waals surface area contributed by atoms with Crippen LogP contribution in [0.4, 0.5) is 0 Å². The van der Waals surface area contributed by atoms with Gasteiger partial charge in [0.25, 0.3) is 0 Å². The van der Waals surface area contributed by atoms with Crippen molar-refractivity contribution in [1.82, 2.24) is 4.90 Å². The molecule has 2 rings (SSSR count). The first-order valence-electron chi connectivity index (χ1n) is 7.60. The SMILES string of the molecule is CN(Cc1csc(C#CCO)c1)C(=O)CC1CCCCC1. The molecule has 0 spiro atoms. The Hall–Kier alpha value is -1.31. The first kappa shape index (κ1) is 16.1. The lowest BCUT2D eigenvalue weighted by atomic mass is 9.87. The number of aliphatic hydroxyl groups excluding tert-OH is 1. The Kier molecular flexibility index (Phi) is 6.28. The molecule has 0 unspecified atom stereocenters. The molecule has 1 saturated carbocycles. The van der Waals surface area contributed by atoms with Crippen molar-refractivity contribution in [1.29, 1.82) is 0 Å². The third kappa shape index (κ3) is 5.18. The molecule has 0 aliphatic heterocycles. The van der Waals surface area contributed by atoms with Gasteiger partial charge < -0.3 is 10.0 Å². The first-order valence-corrected chi connectivity index (χ1v) is 8.48. The van der Waals surface area contributed by atoms with Crippen LogP contribution in [0.25, 0.3) is 0 Å². The molecule has 0 radical (unpaired) electrons. The van der Waals surface area contributed by atoms with Crippen LogP contribution in [0, 0.1) is 17.8 Å². The van der Waals surface area contributed by atoms with Gasteiger partial charge in [-0.05, 0) is 35.8 Å². The van der Waals surface area contributed by atoms with E-state index in [1.165, 1.54) is 32.1 Å². The highest BCUT2D eigenvalue weighted by atomic mass is 32.1. The van der Waals surface area contributed by atoms with Crippen LogP contribution in [-0.4, -0.2) is 29.6 Å².